The minimum atomic E-state index is 0.234. The summed E-state index contributed by atoms with van der Waals surface area (Å²) in [4.78, 5) is 13.3. The summed E-state index contributed by atoms with van der Waals surface area (Å²) >= 11 is 0. The fraction of sp³-hybridized carbons (Fsp3) is 0.941. The maximum atomic E-state index is 11.4. The van der Waals surface area contributed by atoms with Gasteiger partial charge < -0.3 is 4.90 Å². The summed E-state index contributed by atoms with van der Waals surface area (Å²) < 4.78 is 0. The van der Waals surface area contributed by atoms with Crippen LogP contribution in [0.2, 0.25) is 0 Å². The summed E-state index contributed by atoms with van der Waals surface area (Å²) in [6, 6.07) is 0. The fourth-order valence-corrected chi connectivity index (χ4v) is 2.49. The molecule has 0 fully saturated rings. The van der Waals surface area contributed by atoms with E-state index in [-0.39, 0.29) is 5.91 Å². The van der Waals surface area contributed by atoms with Gasteiger partial charge in [0.2, 0.25) is 5.91 Å². The minimum Gasteiger partial charge on any atom is -0.343 e. The van der Waals surface area contributed by atoms with E-state index in [9.17, 15) is 4.79 Å². The number of unbranched alkanes of at least 4 members (excludes halogenated alkanes) is 9. The van der Waals surface area contributed by atoms with Crippen molar-refractivity contribution >= 4 is 5.91 Å². The Morgan fingerprint density at radius 2 is 1.16 bits per heavy atom. The molecule has 0 aromatic rings. The number of carbonyl (C=O) groups excluding carboxylic acids is 1. The SMILES string of the molecule is CCCCCCCCCCCCN(CCC)C(C)=O. The average Bonchev–Trinajstić information content (AvgIpc) is 2.39. The van der Waals surface area contributed by atoms with Crippen molar-refractivity contribution in [2.45, 2.75) is 91.4 Å². The highest BCUT2D eigenvalue weighted by atomic mass is 16.2. The Balaban J connectivity index is 3.27. The van der Waals surface area contributed by atoms with Gasteiger partial charge in [0.05, 0.1) is 0 Å². The Hall–Kier alpha value is -0.530. The van der Waals surface area contributed by atoms with Gasteiger partial charge in [-0.15, -0.1) is 0 Å². The topological polar surface area (TPSA) is 20.3 Å². The maximum Gasteiger partial charge on any atom is 0.219 e. The van der Waals surface area contributed by atoms with E-state index >= 15 is 0 Å². The van der Waals surface area contributed by atoms with Gasteiger partial charge in [0.1, 0.15) is 0 Å². The van der Waals surface area contributed by atoms with Gasteiger partial charge in [-0.1, -0.05) is 71.6 Å². The van der Waals surface area contributed by atoms with E-state index in [1.54, 1.807) is 6.92 Å². The summed E-state index contributed by atoms with van der Waals surface area (Å²) in [5, 5.41) is 0. The molecule has 114 valence electrons. The van der Waals surface area contributed by atoms with Gasteiger partial charge in [0.15, 0.2) is 0 Å². The van der Waals surface area contributed by atoms with E-state index in [1.165, 1.54) is 64.2 Å². The van der Waals surface area contributed by atoms with Gasteiger partial charge in [-0.25, -0.2) is 0 Å². The van der Waals surface area contributed by atoms with E-state index in [2.05, 4.69) is 13.8 Å². The van der Waals surface area contributed by atoms with Crippen LogP contribution in [0.25, 0.3) is 0 Å². The molecule has 0 aromatic carbocycles. The third-order valence-electron chi connectivity index (χ3n) is 3.72. The average molecular weight is 269 g/mol. The quantitative estimate of drug-likeness (QED) is 0.423. The normalized spacial score (nSPS) is 10.7. The van der Waals surface area contributed by atoms with E-state index in [4.69, 9.17) is 0 Å². The molecule has 0 aliphatic rings. The van der Waals surface area contributed by atoms with Crippen molar-refractivity contribution in [2.24, 2.45) is 0 Å². The third-order valence-corrected chi connectivity index (χ3v) is 3.72. The van der Waals surface area contributed by atoms with Gasteiger partial charge >= 0.3 is 0 Å². The lowest BCUT2D eigenvalue weighted by Crippen LogP contribution is -2.30. The van der Waals surface area contributed by atoms with Crippen LogP contribution in [0.3, 0.4) is 0 Å². The fourth-order valence-electron chi connectivity index (χ4n) is 2.49. The summed E-state index contributed by atoms with van der Waals surface area (Å²) in [6.45, 7) is 7.97. The van der Waals surface area contributed by atoms with Gasteiger partial charge in [-0.05, 0) is 12.8 Å². The first-order chi connectivity index (χ1) is 9.22. The number of amides is 1. The van der Waals surface area contributed by atoms with Crippen molar-refractivity contribution < 1.29 is 4.79 Å². The Bertz CT molecular complexity index is 203. The lowest BCUT2D eigenvalue weighted by Gasteiger charge is -2.19. The van der Waals surface area contributed by atoms with Gasteiger partial charge in [-0.3, -0.25) is 4.79 Å². The second-order valence-corrected chi connectivity index (χ2v) is 5.69. The summed E-state index contributed by atoms with van der Waals surface area (Å²) in [7, 11) is 0. The Morgan fingerprint density at radius 1 is 0.684 bits per heavy atom. The Labute approximate surface area is 120 Å². The molecule has 0 aliphatic heterocycles. The summed E-state index contributed by atoms with van der Waals surface area (Å²) in [5.74, 6) is 0.234. The molecule has 2 heteroatoms. The van der Waals surface area contributed by atoms with Crippen molar-refractivity contribution in [3.63, 3.8) is 0 Å². The number of hydrogen-bond acceptors (Lipinski definition) is 1. The molecule has 0 saturated heterocycles. The van der Waals surface area contributed by atoms with Crippen LogP contribution in [0, 0.1) is 0 Å². The van der Waals surface area contributed by atoms with Crippen LogP contribution in [0.1, 0.15) is 91.4 Å². The zero-order valence-electron chi connectivity index (χ0n) is 13.5. The number of rotatable bonds is 13. The molecule has 0 atom stereocenters. The van der Waals surface area contributed by atoms with E-state index in [0.29, 0.717) is 0 Å². The smallest absolute Gasteiger partial charge is 0.219 e. The zero-order chi connectivity index (χ0) is 14.3. The van der Waals surface area contributed by atoms with Crippen LogP contribution >= 0.6 is 0 Å². The van der Waals surface area contributed by atoms with Crippen molar-refractivity contribution in [1.29, 1.82) is 0 Å². The molecule has 0 radical (unpaired) electrons. The maximum absolute atomic E-state index is 11.4. The molecule has 0 N–H and O–H groups in total. The monoisotopic (exact) mass is 269 g/mol. The van der Waals surface area contributed by atoms with Gasteiger partial charge in [-0.2, -0.15) is 0 Å². The van der Waals surface area contributed by atoms with Crippen LogP contribution in [0.5, 0.6) is 0 Å². The third kappa shape index (κ3) is 12.3. The van der Waals surface area contributed by atoms with Crippen molar-refractivity contribution in [3.8, 4) is 0 Å². The first kappa shape index (κ1) is 18.5. The van der Waals surface area contributed by atoms with E-state index in [0.717, 1.165) is 19.5 Å². The predicted molar refractivity (Wildman–Crippen MR) is 84.4 cm³/mol. The number of hydrogen-bond donors (Lipinski definition) is 0. The van der Waals surface area contributed by atoms with Crippen LogP contribution < -0.4 is 0 Å². The summed E-state index contributed by atoms with van der Waals surface area (Å²) in [5.41, 5.74) is 0. The second kappa shape index (κ2) is 13.9. The molecule has 1 amide bonds. The molecule has 19 heavy (non-hydrogen) atoms. The van der Waals surface area contributed by atoms with Gasteiger partial charge in [0, 0.05) is 20.0 Å². The lowest BCUT2D eigenvalue weighted by atomic mass is 10.1. The first-order valence-corrected chi connectivity index (χ1v) is 8.47. The largest absolute Gasteiger partial charge is 0.343 e. The first-order valence-electron chi connectivity index (χ1n) is 8.47. The van der Waals surface area contributed by atoms with Crippen LogP contribution in [-0.4, -0.2) is 23.9 Å². The predicted octanol–water partition coefficient (Wildman–Crippen LogP) is 5.17. The molecule has 0 aromatic heterocycles. The lowest BCUT2D eigenvalue weighted by molar-refractivity contribution is -0.128. The zero-order valence-corrected chi connectivity index (χ0v) is 13.5. The molecule has 0 bridgehead atoms. The number of nitrogens with zero attached hydrogens (tertiary/aromatic N) is 1. The van der Waals surface area contributed by atoms with Crippen molar-refractivity contribution in [3.05, 3.63) is 0 Å². The Morgan fingerprint density at radius 3 is 1.58 bits per heavy atom. The highest BCUT2D eigenvalue weighted by Gasteiger charge is 2.05. The molecule has 0 rings (SSSR count). The van der Waals surface area contributed by atoms with E-state index in [1.807, 2.05) is 4.90 Å². The van der Waals surface area contributed by atoms with E-state index < -0.39 is 0 Å². The molecule has 0 spiro atoms. The molecule has 0 aliphatic carbocycles. The molecular formula is C17H35NO. The van der Waals surface area contributed by atoms with Crippen molar-refractivity contribution in [1.82, 2.24) is 4.90 Å². The molecular weight excluding hydrogens is 234 g/mol. The molecule has 0 heterocycles. The minimum absolute atomic E-state index is 0.234. The highest BCUT2D eigenvalue weighted by molar-refractivity contribution is 5.73. The van der Waals surface area contributed by atoms with Gasteiger partial charge in [0.25, 0.3) is 0 Å². The molecule has 0 unspecified atom stereocenters. The van der Waals surface area contributed by atoms with Crippen LogP contribution in [0.15, 0.2) is 0 Å². The van der Waals surface area contributed by atoms with Crippen molar-refractivity contribution in [2.75, 3.05) is 13.1 Å². The Kier molecular flexibility index (Phi) is 13.5. The standard InChI is InChI=1S/C17H35NO/c1-4-6-7-8-9-10-11-12-13-14-16-18(15-5-2)17(3)19/h4-16H2,1-3H3. The highest BCUT2D eigenvalue weighted by Crippen LogP contribution is 2.10. The van der Waals surface area contributed by atoms with Crippen LogP contribution in [0.4, 0.5) is 0 Å². The molecule has 2 nitrogen and oxygen atoms in total. The summed E-state index contributed by atoms with van der Waals surface area (Å²) in [6.07, 6.45) is 14.6. The van der Waals surface area contributed by atoms with Crippen LogP contribution in [-0.2, 0) is 4.79 Å². The molecule has 0 saturated carbocycles. The second-order valence-electron chi connectivity index (χ2n) is 5.69. The number of carbonyl (C=O) groups is 1.